The quantitative estimate of drug-likeness (QED) is 0.617. The van der Waals surface area contributed by atoms with Gasteiger partial charge in [0.15, 0.2) is 0 Å². The normalized spacial score (nSPS) is 11.4. The van der Waals surface area contributed by atoms with Crippen molar-refractivity contribution in [3.05, 3.63) is 47.5 Å². The van der Waals surface area contributed by atoms with E-state index >= 15 is 0 Å². The Hall–Kier alpha value is -3.42. The summed E-state index contributed by atoms with van der Waals surface area (Å²) < 4.78 is 8.74. The average Bonchev–Trinajstić information content (AvgIpc) is 2.61. The Kier molecular flexibility index (Phi) is 8.68. The Balaban J connectivity index is 2.54. The molecule has 0 atom stereocenters. The Morgan fingerprint density at radius 1 is 0.917 bits per heavy atom. The van der Waals surface area contributed by atoms with Gasteiger partial charge in [-0.2, -0.15) is 10.2 Å². The lowest BCUT2D eigenvalue weighted by Crippen LogP contribution is -2.16. The molecular weight excluding hydrogens is 312 g/mol. The smallest absolute Gasteiger partial charge is 0.427 e. The molecule has 0 aliphatic heterocycles. The highest BCUT2D eigenvalue weighted by atomic mass is 16.5. The van der Waals surface area contributed by atoms with Crippen LogP contribution in [0.3, 0.4) is 0 Å². The van der Waals surface area contributed by atoms with Crippen LogP contribution < -0.4 is 10.9 Å². The van der Waals surface area contributed by atoms with Gasteiger partial charge in [-0.05, 0) is 29.3 Å². The molecule has 0 unspecified atom stereocenters. The fourth-order valence-corrected chi connectivity index (χ4v) is 1.43. The van der Waals surface area contributed by atoms with Crippen LogP contribution in [0.15, 0.2) is 46.6 Å². The number of carbonyl (C=O) groups is 2. The van der Waals surface area contributed by atoms with Gasteiger partial charge in [-0.25, -0.2) is 20.4 Å². The highest BCUT2D eigenvalue weighted by molar-refractivity contribution is 5.81. The van der Waals surface area contributed by atoms with Crippen molar-refractivity contribution in [3.63, 3.8) is 0 Å². The molecule has 0 saturated carbocycles. The van der Waals surface area contributed by atoms with Crippen LogP contribution in [0.1, 0.15) is 11.1 Å². The monoisotopic (exact) mass is 330 g/mol. The minimum absolute atomic E-state index is 0.630. The van der Waals surface area contributed by atoms with Crippen molar-refractivity contribution < 1.29 is 19.1 Å². The van der Waals surface area contributed by atoms with Gasteiger partial charge < -0.3 is 9.47 Å². The first-order valence-corrected chi connectivity index (χ1v) is 6.83. The van der Waals surface area contributed by atoms with Gasteiger partial charge in [0.2, 0.25) is 0 Å². The molecule has 1 aromatic carbocycles. The number of ether oxygens (including phenoxy) is 2. The van der Waals surface area contributed by atoms with Gasteiger partial charge in [-0.1, -0.05) is 30.4 Å². The molecule has 0 bridgehead atoms. The van der Waals surface area contributed by atoms with E-state index in [4.69, 9.17) is 0 Å². The van der Waals surface area contributed by atoms with E-state index in [-0.39, 0.29) is 0 Å². The summed E-state index contributed by atoms with van der Waals surface area (Å²) in [7, 11) is 2.52. The third-order valence-corrected chi connectivity index (χ3v) is 2.49. The van der Waals surface area contributed by atoms with E-state index in [1.165, 1.54) is 26.6 Å². The van der Waals surface area contributed by atoms with E-state index in [9.17, 15) is 9.59 Å². The summed E-state index contributed by atoms with van der Waals surface area (Å²) >= 11 is 0. The number of benzene rings is 1. The van der Waals surface area contributed by atoms with Crippen molar-refractivity contribution in [1.82, 2.24) is 10.9 Å². The summed E-state index contributed by atoms with van der Waals surface area (Å²) in [4.78, 5) is 21.5. The molecule has 2 amide bonds. The average molecular weight is 330 g/mol. The van der Waals surface area contributed by atoms with Gasteiger partial charge in [0, 0.05) is 12.4 Å². The Labute approximate surface area is 139 Å². The van der Waals surface area contributed by atoms with Crippen LogP contribution in [-0.2, 0) is 9.47 Å². The lowest BCUT2D eigenvalue weighted by Gasteiger charge is -1.96. The number of methoxy groups -OCH3 is 2. The fraction of sp³-hybridized carbons (Fsp3) is 0.125. The Morgan fingerprint density at radius 2 is 1.38 bits per heavy atom. The summed E-state index contributed by atoms with van der Waals surface area (Å²) in [5.41, 5.74) is 6.25. The third kappa shape index (κ3) is 8.13. The highest BCUT2D eigenvalue weighted by Crippen LogP contribution is 2.08. The minimum atomic E-state index is -0.630. The minimum Gasteiger partial charge on any atom is -0.452 e. The molecular formula is C16H18N4O4. The molecule has 8 nitrogen and oxygen atoms in total. The van der Waals surface area contributed by atoms with Crippen molar-refractivity contribution in [1.29, 1.82) is 0 Å². The van der Waals surface area contributed by atoms with Crippen molar-refractivity contribution in [2.75, 3.05) is 14.2 Å². The molecule has 126 valence electrons. The van der Waals surface area contributed by atoms with Crippen LogP contribution in [0.5, 0.6) is 0 Å². The second-order valence-corrected chi connectivity index (χ2v) is 4.15. The van der Waals surface area contributed by atoms with E-state index in [2.05, 4.69) is 30.5 Å². The Morgan fingerprint density at radius 3 is 1.79 bits per heavy atom. The zero-order valence-electron chi connectivity index (χ0n) is 13.3. The van der Waals surface area contributed by atoms with Crippen LogP contribution in [-0.4, -0.2) is 38.8 Å². The van der Waals surface area contributed by atoms with Crippen LogP contribution in [0.2, 0.25) is 0 Å². The summed E-state index contributed by atoms with van der Waals surface area (Å²) in [5, 5.41) is 7.32. The van der Waals surface area contributed by atoms with Gasteiger partial charge in [-0.15, -0.1) is 0 Å². The van der Waals surface area contributed by atoms with E-state index < -0.39 is 12.2 Å². The predicted molar refractivity (Wildman–Crippen MR) is 92.6 cm³/mol. The van der Waals surface area contributed by atoms with Gasteiger partial charge in [-0.3, -0.25) is 0 Å². The lowest BCUT2D eigenvalue weighted by atomic mass is 10.1. The molecule has 1 rings (SSSR count). The zero-order chi connectivity index (χ0) is 17.6. The first-order valence-electron chi connectivity index (χ1n) is 6.83. The third-order valence-electron chi connectivity index (χ3n) is 2.49. The fourth-order valence-electron chi connectivity index (χ4n) is 1.43. The number of hydrazone groups is 2. The standard InChI is InChI=1S/C16H18N4O4/c1-23-15(21)19-17-10-4-8-13-6-3-7-14(12-13)9-5-11-18-20-16(22)24-2/h3-12H,1-2H3,(H,19,21)(H,20,22). The number of allylic oxidation sites excluding steroid dienone is 2. The zero-order valence-corrected chi connectivity index (χ0v) is 13.3. The summed E-state index contributed by atoms with van der Waals surface area (Å²) in [5.74, 6) is 0. The first-order chi connectivity index (χ1) is 11.7. The number of hydrogen-bond acceptors (Lipinski definition) is 6. The van der Waals surface area contributed by atoms with Crippen LogP contribution in [0.4, 0.5) is 9.59 Å². The van der Waals surface area contributed by atoms with Crippen molar-refractivity contribution in [3.8, 4) is 0 Å². The molecule has 8 heteroatoms. The van der Waals surface area contributed by atoms with Gasteiger partial charge in [0.1, 0.15) is 0 Å². The SMILES string of the molecule is COC(=O)NN=CC=Cc1cccc(C=CC=NNC(=O)OC)c1. The van der Waals surface area contributed by atoms with Gasteiger partial charge >= 0.3 is 12.2 Å². The maximum absolute atomic E-state index is 10.8. The largest absolute Gasteiger partial charge is 0.452 e. The molecule has 0 radical (unpaired) electrons. The second-order valence-electron chi connectivity index (χ2n) is 4.15. The number of amides is 2. The highest BCUT2D eigenvalue weighted by Gasteiger charge is 1.92. The maximum Gasteiger partial charge on any atom is 0.427 e. The van der Waals surface area contributed by atoms with Crippen molar-refractivity contribution >= 4 is 36.8 Å². The van der Waals surface area contributed by atoms with Gasteiger partial charge in [0.05, 0.1) is 14.2 Å². The van der Waals surface area contributed by atoms with Crippen molar-refractivity contribution in [2.24, 2.45) is 10.2 Å². The molecule has 0 heterocycles. The number of hydrogen-bond donors (Lipinski definition) is 2. The molecule has 0 saturated heterocycles. The number of carbonyl (C=O) groups excluding carboxylic acids is 2. The van der Waals surface area contributed by atoms with Crippen molar-refractivity contribution in [2.45, 2.75) is 0 Å². The lowest BCUT2D eigenvalue weighted by molar-refractivity contribution is 0.170. The summed E-state index contributed by atoms with van der Waals surface area (Å²) in [6.07, 6.45) is 8.63. The molecule has 0 fully saturated rings. The van der Waals surface area contributed by atoms with E-state index in [0.29, 0.717) is 0 Å². The van der Waals surface area contributed by atoms with E-state index in [1.54, 1.807) is 12.2 Å². The molecule has 0 aromatic heterocycles. The predicted octanol–water partition coefficient (Wildman–Crippen LogP) is 2.40. The topological polar surface area (TPSA) is 101 Å². The van der Waals surface area contributed by atoms with Crippen LogP contribution >= 0.6 is 0 Å². The van der Waals surface area contributed by atoms with E-state index in [1.807, 2.05) is 36.4 Å². The number of rotatable bonds is 6. The van der Waals surface area contributed by atoms with Crippen LogP contribution in [0.25, 0.3) is 12.2 Å². The Bertz CT molecular complexity index is 613. The van der Waals surface area contributed by atoms with Gasteiger partial charge in [0.25, 0.3) is 0 Å². The maximum atomic E-state index is 10.8. The number of nitrogens with zero attached hydrogens (tertiary/aromatic N) is 2. The molecule has 1 aromatic rings. The second kappa shape index (κ2) is 11.2. The number of nitrogens with one attached hydrogen (secondary N) is 2. The molecule has 0 aliphatic carbocycles. The molecule has 2 N–H and O–H groups in total. The van der Waals surface area contributed by atoms with E-state index in [0.717, 1.165) is 11.1 Å². The van der Waals surface area contributed by atoms with Crippen LogP contribution in [0, 0.1) is 0 Å². The first kappa shape index (κ1) is 18.6. The molecule has 0 aliphatic rings. The summed E-state index contributed by atoms with van der Waals surface area (Å²) in [6, 6.07) is 7.67. The molecule has 0 spiro atoms. The molecule has 24 heavy (non-hydrogen) atoms. The summed E-state index contributed by atoms with van der Waals surface area (Å²) in [6.45, 7) is 0.